The van der Waals surface area contributed by atoms with Gasteiger partial charge < -0.3 is 4.57 Å². The van der Waals surface area contributed by atoms with Crippen LogP contribution in [0.1, 0.15) is 16.8 Å². The van der Waals surface area contributed by atoms with E-state index in [4.69, 9.17) is 0 Å². The molecule has 0 radical (unpaired) electrons. The Hall–Kier alpha value is -3.17. The summed E-state index contributed by atoms with van der Waals surface area (Å²) in [7, 11) is 0. The van der Waals surface area contributed by atoms with E-state index in [0.717, 1.165) is 31.7 Å². The molecule has 0 spiro atoms. The molecule has 0 amide bonds. The summed E-state index contributed by atoms with van der Waals surface area (Å²) in [5.74, 6) is -0.204. The van der Waals surface area contributed by atoms with Gasteiger partial charge in [0.15, 0.2) is 0 Å². The highest BCUT2D eigenvalue weighted by Crippen LogP contribution is 2.33. The molecule has 0 saturated heterocycles. The Morgan fingerprint density at radius 2 is 1.48 bits per heavy atom. The van der Waals surface area contributed by atoms with E-state index >= 15 is 0 Å². The first-order valence-corrected chi connectivity index (χ1v) is 10.1. The zero-order valence-corrected chi connectivity index (χ0v) is 16.3. The molecule has 144 valence electrons. The number of nitrogens with zero attached hydrogens (tertiary/aromatic N) is 2. The Morgan fingerprint density at radius 3 is 2.21 bits per heavy atom. The monoisotopic (exact) mass is 382 g/mol. The number of hydrogen-bond donors (Lipinski definition) is 0. The molecule has 0 unspecified atom stereocenters. The minimum Gasteiger partial charge on any atom is -0.313 e. The average molecular weight is 382 g/mol. The van der Waals surface area contributed by atoms with Crippen LogP contribution < -0.4 is 0 Å². The molecule has 2 nitrogen and oxygen atoms in total. The van der Waals surface area contributed by atoms with E-state index in [-0.39, 0.29) is 5.82 Å². The Kier molecular flexibility index (Phi) is 4.74. The summed E-state index contributed by atoms with van der Waals surface area (Å²) in [5.41, 5.74) is 7.40. The van der Waals surface area contributed by atoms with Crippen LogP contribution in [0.3, 0.4) is 0 Å². The highest BCUT2D eigenvalue weighted by atomic mass is 19.1. The summed E-state index contributed by atoms with van der Waals surface area (Å²) in [6.45, 7) is 2.91. The topological polar surface area (TPSA) is 8.17 Å². The predicted octanol–water partition coefficient (Wildman–Crippen LogP) is 5.84. The first-order chi connectivity index (χ1) is 14.3. The van der Waals surface area contributed by atoms with E-state index in [9.17, 15) is 4.39 Å². The molecule has 29 heavy (non-hydrogen) atoms. The van der Waals surface area contributed by atoms with Crippen LogP contribution in [0.5, 0.6) is 0 Å². The third-order valence-corrected chi connectivity index (χ3v) is 5.65. The Bertz CT molecular complexity index is 1100. The summed E-state index contributed by atoms with van der Waals surface area (Å²) < 4.78 is 15.8. The van der Waals surface area contributed by atoms with Gasteiger partial charge in [-0.3, -0.25) is 4.90 Å². The molecule has 1 aromatic heterocycles. The molecule has 1 aliphatic rings. The van der Waals surface area contributed by atoms with Crippen molar-refractivity contribution in [2.24, 2.45) is 0 Å². The fourth-order valence-corrected chi connectivity index (χ4v) is 4.28. The third kappa shape index (κ3) is 3.62. The van der Waals surface area contributed by atoms with Crippen molar-refractivity contribution >= 4 is 0 Å². The molecule has 3 heteroatoms. The zero-order valence-electron chi connectivity index (χ0n) is 16.3. The normalized spacial score (nSPS) is 14.0. The van der Waals surface area contributed by atoms with E-state index in [2.05, 4.69) is 70.1 Å². The van der Waals surface area contributed by atoms with Gasteiger partial charge in [0, 0.05) is 37.4 Å². The van der Waals surface area contributed by atoms with Crippen LogP contribution in [-0.2, 0) is 19.5 Å². The van der Waals surface area contributed by atoms with Gasteiger partial charge in [0.1, 0.15) is 5.82 Å². The quantitative estimate of drug-likeness (QED) is 0.430. The van der Waals surface area contributed by atoms with Crippen molar-refractivity contribution < 1.29 is 4.39 Å². The predicted molar refractivity (Wildman–Crippen MR) is 115 cm³/mol. The minimum absolute atomic E-state index is 0.204. The lowest BCUT2D eigenvalue weighted by atomic mass is 10.1. The van der Waals surface area contributed by atoms with Gasteiger partial charge in [0.05, 0.1) is 5.69 Å². The van der Waals surface area contributed by atoms with Gasteiger partial charge in [-0.2, -0.15) is 0 Å². The highest BCUT2D eigenvalue weighted by molar-refractivity contribution is 5.66. The van der Waals surface area contributed by atoms with Gasteiger partial charge in [0.2, 0.25) is 0 Å². The molecule has 2 heterocycles. The molecule has 0 aliphatic carbocycles. The van der Waals surface area contributed by atoms with Crippen molar-refractivity contribution in [2.75, 3.05) is 6.54 Å². The second-order valence-corrected chi connectivity index (χ2v) is 7.63. The number of hydrogen-bond acceptors (Lipinski definition) is 1. The van der Waals surface area contributed by atoms with E-state index < -0.39 is 0 Å². The van der Waals surface area contributed by atoms with Crippen molar-refractivity contribution in [3.05, 3.63) is 114 Å². The van der Waals surface area contributed by atoms with Crippen LogP contribution in [0.25, 0.3) is 16.9 Å². The van der Waals surface area contributed by atoms with Crippen LogP contribution >= 0.6 is 0 Å². The molecule has 0 fully saturated rings. The van der Waals surface area contributed by atoms with E-state index in [0.29, 0.717) is 0 Å². The molecular formula is C26H23FN2. The molecule has 3 aromatic carbocycles. The summed E-state index contributed by atoms with van der Waals surface area (Å²) in [5, 5.41) is 0. The molecule has 5 rings (SSSR count). The lowest BCUT2D eigenvalue weighted by molar-refractivity contribution is 0.244. The fraction of sp³-hybridized carbons (Fsp3) is 0.154. The second-order valence-electron chi connectivity index (χ2n) is 7.63. The number of rotatable bonds is 4. The number of halogens is 1. The van der Waals surface area contributed by atoms with Gasteiger partial charge in [0.25, 0.3) is 0 Å². The molecular weight excluding hydrogens is 359 g/mol. The maximum atomic E-state index is 13.5. The van der Waals surface area contributed by atoms with E-state index in [1.165, 1.54) is 28.1 Å². The maximum absolute atomic E-state index is 13.5. The summed E-state index contributed by atoms with van der Waals surface area (Å²) in [4.78, 5) is 2.50. The van der Waals surface area contributed by atoms with Crippen molar-refractivity contribution in [1.82, 2.24) is 9.47 Å². The maximum Gasteiger partial charge on any atom is 0.123 e. The summed E-state index contributed by atoms with van der Waals surface area (Å²) in [6, 6.07) is 30.2. The lowest BCUT2D eigenvalue weighted by Crippen LogP contribution is -2.30. The first kappa shape index (κ1) is 17.9. The molecule has 1 aliphatic heterocycles. The lowest BCUT2D eigenvalue weighted by Gasteiger charge is -2.28. The van der Waals surface area contributed by atoms with Crippen LogP contribution in [-0.4, -0.2) is 16.0 Å². The van der Waals surface area contributed by atoms with Crippen LogP contribution in [0.15, 0.2) is 91.0 Å². The highest BCUT2D eigenvalue weighted by Gasteiger charge is 2.24. The van der Waals surface area contributed by atoms with Gasteiger partial charge in [-0.15, -0.1) is 0 Å². The first-order valence-electron chi connectivity index (χ1n) is 10.1. The van der Waals surface area contributed by atoms with Crippen molar-refractivity contribution in [3.63, 3.8) is 0 Å². The van der Waals surface area contributed by atoms with Crippen molar-refractivity contribution in [2.45, 2.75) is 19.5 Å². The number of benzene rings is 3. The van der Waals surface area contributed by atoms with Gasteiger partial charge in [-0.05, 0) is 47.0 Å². The SMILES string of the molecule is Fc1ccc(-n2c(-c3ccccc3)cc3c2CCN(Cc2ccccc2)C3)cc1. The van der Waals surface area contributed by atoms with Gasteiger partial charge in [-0.1, -0.05) is 60.7 Å². The number of fused-ring (bicyclic) bond motifs is 1. The standard InChI is InChI=1S/C26H23FN2/c27-23-11-13-24(14-12-23)29-25-15-16-28(18-20-7-3-1-4-8-20)19-22(25)17-26(29)21-9-5-2-6-10-21/h1-14,17H,15-16,18-19H2. The summed E-state index contributed by atoms with van der Waals surface area (Å²) >= 11 is 0. The number of aromatic nitrogens is 1. The molecule has 0 N–H and O–H groups in total. The summed E-state index contributed by atoms with van der Waals surface area (Å²) in [6.07, 6.45) is 0.979. The third-order valence-electron chi connectivity index (χ3n) is 5.65. The largest absolute Gasteiger partial charge is 0.313 e. The van der Waals surface area contributed by atoms with E-state index in [1.807, 2.05) is 18.2 Å². The van der Waals surface area contributed by atoms with Gasteiger partial charge >= 0.3 is 0 Å². The van der Waals surface area contributed by atoms with E-state index in [1.54, 1.807) is 12.1 Å². The fourth-order valence-electron chi connectivity index (χ4n) is 4.28. The molecule has 0 atom stereocenters. The molecule has 0 saturated carbocycles. The van der Waals surface area contributed by atoms with Gasteiger partial charge in [-0.25, -0.2) is 4.39 Å². The van der Waals surface area contributed by atoms with Crippen LogP contribution in [0.2, 0.25) is 0 Å². The zero-order chi connectivity index (χ0) is 19.6. The van der Waals surface area contributed by atoms with Crippen LogP contribution in [0.4, 0.5) is 4.39 Å². The molecule has 4 aromatic rings. The molecule has 0 bridgehead atoms. The second kappa shape index (κ2) is 7.69. The van der Waals surface area contributed by atoms with Crippen LogP contribution in [0, 0.1) is 5.82 Å². The van der Waals surface area contributed by atoms with Crippen molar-refractivity contribution in [1.29, 1.82) is 0 Å². The Balaban J connectivity index is 1.54. The Labute approximate surface area is 170 Å². The van der Waals surface area contributed by atoms with Crippen molar-refractivity contribution in [3.8, 4) is 16.9 Å². The minimum atomic E-state index is -0.204. The average Bonchev–Trinajstić information content (AvgIpc) is 3.14. The Morgan fingerprint density at radius 1 is 0.793 bits per heavy atom. The smallest absolute Gasteiger partial charge is 0.123 e.